The highest BCUT2D eigenvalue weighted by Gasteiger charge is 2.10. The van der Waals surface area contributed by atoms with Crippen molar-refractivity contribution in [2.45, 2.75) is 20.4 Å². The number of aromatic nitrogens is 6. The zero-order valence-corrected chi connectivity index (χ0v) is 13.5. The number of nitrogens with zero attached hydrogens (tertiary/aromatic N) is 5. The van der Waals surface area contributed by atoms with Crippen molar-refractivity contribution in [3.8, 4) is 0 Å². The van der Waals surface area contributed by atoms with E-state index in [2.05, 4.69) is 49.6 Å². The van der Waals surface area contributed by atoms with Crippen molar-refractivity contribution >= 4 is 22.5 Å². The fourth-order valence-electron chi connectivity index (χ4n) is 2.66. The van der Waals surface area contributed by atoms with Crippen LogP contribution < -0.4 is 5.32 Å². The molecule has 1 aromatic carbocycles. The lowest BCUT2D eigenvalue weighted by molar-refractivity contribution is 0.684. The average Bonchev–Trinajstić information content (AvgIpc) is 3.18. The molecule has 2 N–H and O–H groups in total. The van der Waals surface area contributed by atoms with Crippen molar-refractivity contribution in [2.24, 2.45) is 0 Å². The van der Waals surface area contributed by atoms with E-state index >= 15 is 0 Å². The van der Waals surface area contributed by atoms with Crippen molar-refractivity contribution < 1.29 is 0 Å². The van der Waals surface area contributed by atoms with E-state index in [1.54, 1.807) is 6.20 Å². The molecule has 0 unspecified atom stereocenters. The number of rotatable bonds is 4. The van der Waals surface area contributed by atoms with Crippen LogP contribution in [-0.2, 0) is 6.54 Å². The molecule has 0 aliphatic heterocycles. The molecule has 0 spiro atoms. The molecule has 0 atom stereocenters. The summed E-state index contributed by atoms with van der Waals surface area (Å²) < 4.78 is 1.90. The topological polar surface area (TPSA) is 84.3 Å². The van der Waals surface area contributed by atoms with Gasteiger partial charge in [-0.25, -0.2) is 9.97 Å². The van der Waals surface area contributed by atoms with Crippen molar-refractivity contribution in [2.75, 3.05) is 5.32 Å². The van der Waals surface area contributed by atoms with Gasteiger partial charge < -0.3 is 5.32 Å². The number of aryl methyl sites for hydroxylation is 2. The summed E-state index contributed by atoms with van der Waals surface area (Å²) in [5, 5.41) is 14.9. The van der Waals surface area contributed by atoms with E-state index in [0.717, 1.165) is 29.0 Å². The number of nitrogens with one attached hydrogen (secondary N) is 2. The molecule has 0 bridgehead atoms. The lowest BCUT2D eigenvalue weighted by Crippen LogP contribution is -2.01. The Labute approximate surface area is 138 Å². The molecule has 0 amide bonds. The molecule has 4 rings (SSSR count). The van der Waals surface area contributed by atoms with Crippen LogP contribution in [0, 0.1) is 13.8 Å². The number of hydrogen-bond donors (Lipinski definition) is 2. The van der Waals surface area contributed by atoms with Gasteiger partial charge >= 0.3 is 0 Å². The summed E-state index contributed by atoms with van der Waals surface area (Å²) >= 11 is 0. The first kappa shape index (κ1) is 14.4. The Balaban J connectivity index is 1.58. The van der Waals surface area contributed by atoms with Gasteiger partial charge in [0.1, 0.15) is 11.8 Å². The fraction of sp³-hybridized carbons (Fsp3) is 0.176. The van der Waals surface area contributed by atoms with Crippen LogP contribution in [-0.4, -0.2) is 29.9 Å². The van der Waals surface area contributed by atoms with E-state index in [1.165, 1.54) is 17.5 Å². The van der Waals surface area contributed by atoms with Gasteiger partial charge in [0.25, 0.3) is 0 Å². The first-order chi connectivity index (χ1) is 11.7. The molecule has 0 radical (unpaired) electrons. The molecule has 24 heavy (non-hydrogen) atoms. The molecule has 3 heterocycles. The van der Waals surface area contributed by atoms with Crippen LogP contribution in [0.4, 0.5) is 11.5 Å². The van der Waals surface area contributed by atoms with Crippen LogP contribution in [0.15, 0.2) is 43.0 Å². The Morgan fingerprint density at radius 3 is 2.88 bits per heavy atom. The predicted molar refractivity (Wildman–Crippen MR) is 92.2 cm³/mol. The third-order valence-electron chi connectivity index (χ3n) is 4.00. The molecular formula is C17H17N7. The monoisotopic (exact) mass is 319 g/mol. The maximum atomic E-state index is 4.42. The smallest absolute Gasteiger partial charge is 0.162 e. The molecule has 0 fully saturated rings. The van der Waals surface area contributed by atoms with Gasteiger partial charge in [-0.15, -0.1) is 0 Å². The third kappa shape index (κ3) is 2.60. The molecule has 120 valence electrons. The Kier molecular flexibility index (Phi) is 3.45. The van der Waals surface area contributed by atoms with E-state index in [0.29, 0.717) is 5.82 Å². The zero-order valence-electron chi connectivity index (χ0n) is 13.5. The van der Waals surface area contributed by atoms with E-state index in [1.807, 2.05) is 29.9 Å². The molecule has 0 saturated heterocycles. The maximum absolute atomic E-state index is 4.42. The molecule has 7 heteroatoms. The minimum atomic E-state index is 0.666. The number of fused-ring (bicyclic) bond motifs is 1. The highest BCUT2D eigenvalue weighted by Crippen LogP contribution is 2.22. The second-order valence-corrected chi connectivity index (χ2v) is 5.75. The lowest BCUT2D eigenvalue weighted by Gasteiger charge is -2.05. The Bertz CT molecular complexity index is 999. The molecule has 0 aliphatic carbocycles. The zero-order chi connectivity index (χ0) is 16.5. The van der Waals surface area contributed by atoms with E-state index in [-0.39, 0.29) is 0 Å². The predicted octanol–water partition coefficient (Wildman–Crippen LogP) is 2.96. The number of hydrogen-bond acceptors (Lipinski definition) is 5. The van der Waals surface area contributed by atoms with Crippen LogP contribution in [0.3, 0.4) is 0 Å². The van der Waals surface area contributed by atoms with Crippen molar-refractivity contribution in [3.05, 3.63) is 59.8 Å². The quantitative estimate of drug-likeness (QED) is 0.604. The first-order valence-electron chi connectivity index (χ1n) is 7.70. The van der Waals surface area contributed by atoms with Gasteiger partial charge in [0.15, 0.2) is 11.3 Å². The number of anilines is 2. The molecule has 0 saturated carbocycles. The summed E-state index contributed by atoms with van der Waals surface area (Å²) in [5.74, 6) is 0.666. The summed E-state index contributed by atoms with van der Waals surface area (Å²) in [4.78, 5) is 8.53. The molecule has 3 aromatic heterocycles. The van der Waals surface area contributed by atoms with Crippen LogP contribution in [0.5, 0.6) is 0 Å². The number of H-pyrrole nitrogens is 1. The van der Waals surface area contributed by atoms with Gasteiger partial charge in [-0.1, -0.05) is 24.3 Å². The second-order valence-electron chi connectivity index (χ2n) is 5.75. The molecule has 4 aromatic rings. The maximum Gasteiger partial charge on any atom is 0.162 e. The minimum absolute atomic E-state index is 0.666. The van der Waals surface area contributed by atoms with Crippen LogP contribution in [0.1, 0.15) is 16.8 Å². The summed E-state index contributed by atoms with van der Waals surface area (Å²) in [7, 11) is 0. The third-order valence-corrected chi connectivity index (χ3v) is 4.00. The van der Waals surface area contributed by atoms with Gasteiger partial charge in [0.2, 0.25) is 0 Å². The number of aromatic amines is 1. The van der Waals surface area contributed by atoms with Crippen molar-refractivity contribution in [1.29, 1.82) is 0 Å². The van der Waals surface area contributed by atoms with Gasteiger partial charge in [-0.05, 0) is 25.0 Å². The SMILES string of the molecule is Cc1ccccc1Cn1cc(Nc2ncnc3c(C)[nH]nc23)cn1. The average molecular weight is 319 g/mol. The first-order valence-corrected chi connectivity index (χ1v) is 7.70. The van der Waals surface area contributed by atoms with Gasteiger partial charge in [-0.2, -0.15) is 10.2 Å². The van der Waals surface area contributed by atoms with Gasteiger partial charge in [0, 0.05) is 6.20 Å². The van der Waals surface area contributed by atoms with Crippen LogP contribution in [0.25, 0.3) is 11.0 Å². The molecule has 7 nitrogen and oxygen atoms in total. The Morgan fingerprint density at radius 2 is 2.00 bits per heavy atom. The summed E-state index contributed by atoms with van der Waals surface area (Å²) in [6.07, 6.45) is 5.27. The molecule has 0 aliphatic rings. The summed E-state index contributed by atoms with van der Waals surface area (Å²) in [5.41, 5.74) is 5.84. The highest BCUT2D eigenvalue weighted by molar-refractivity contribution is 5.88. The lowest BCUT2D eigenvalue weighted by atomic mass is 10.1. The summed E-state index contributed by atoms with van der Waals surface area (Å²) in [6.45, 7) is 4.77. The second kappa shape index (κ2) is 5.77. The highest BCUT2D eigenvalue weighted by atomic mass is 15.3. The van der Waals surface area contributed by atoms with Crippen LogP contribution in [0.2, 0.25) is 0 Å². The number of benzene rings is 1. The largest absolute Gasteiger partial charge is 0.336 e. The molecular weight excluding hydrogens is 302 g/mol. The summed E-state index contributed by atoms with van der Waals surface area (Å²) in [6, 6.07) is 8.31. The standard InChI is InChI=1S/C17H17N7/c1-11-5-3-4-6-13(11)8-24-9-14(7-20-24)21-17-16-15(18-10-19-17)12(2)22-23-16/h3-7,9-10H,8H2,1-2H3,(H,22,23)(H,18,19,21). The van der Waals surface area contributed by atoms with E-state index in [9.17, 15) is 0 Å². The fourth-order valence-corrected chi connectivity index (χ4v) is 2.66. The minimum Gasteiger partial charge on any atom is -0.336 e. The van der Waals surface area contributed by atoms with Crippen LogP contribution >= 0.6 is 0 Å². The Hall–Kier alpha value is -3.22. The van der Waals surface area contributed by atoms with Gasteiger partial charge in [-0.3, -0.25) is 9.78 Å². The Morgan fingerprint density at radius 1 is 1.12 bits per heavy atom. The van der Waals surface area contributed by atoms with Gasteiger partial charge in [0.05, 0.1) is 24.1 Å². The normalized spacial score (nSPS) is 11.1. The van der Waals surface area contributed by atoms with E-state index < -0.39 is 0 Å². The van der Waals surface area contributed by atoms with E-state index in [4.69, 9.17) is 0 Å². The van der Waals surface area contributed by atoms with Crippen molar-refractivity contribution in [1.82, 2.24) is 29.9 Å². The van der Waals surface area contributed by atoms with Crippen molar-refractivity contribution in [3.63, 3.8) is 0 Å².